The Kier molecular flexibility index (Phi) is 7.77. The van der Waals surface area contributed by atoms with E-state index in [1.807, 2.05) is 18.2 Å². The van der Waals surface area contributed by atoms with Gasteiger partial charge in [0.1, 0.15) is 0 Å². The maximum Gasteiger partial charge on any atom is 0.413 e. The molecule has 1 aliphatic rings. The third-order valence-corrected chi connectivity index (χ3v) is 6.18. The van der Waals surface area contributed by atoms with Gasteiger partial charge in [-0.2, -0.15) is 0 Å². The number of carbonyl (C=O) groups is 2. The molecule has 0 unspecified atom stereocenters. The summed E-state index contributed by atoms with van der Waals surface area (Å²) in [4.78, 5) is 28.5. The van der Waals surface area contributed by atoms with Crippen molar-refractivity contribution in [2.24, 2.45) is 0 Å². The summed E-state index contributed by atoms with van der Waals surface area (Å²) in [5.41, 5.74) is 1.82. The van der Waals surface area contributed by atoms with Gasteiger partial charge in [-0.15, -0.1) is 0 Å². The van der Waals surface area contributed by atoms with Crippen LogP contribution in [-0.4, -0.2) is 56.7 Å². The molecular formula is C19H22BrClN4O3S. The highest BCUT2D eigenvalue weighted by atomic mass is 79.9. The first kappa shape index (κ1) is 21.9. The molecule has 1 saturated heterocycles. The van der Waals surface area contributed by atoms with E-state index in [0.717, 1.165) is 47.7 Å². The molecular weight excluding hydrogens is 480 g/mol. The van der Waals surface area contributed by atoms with Gasteiger partial charge in [-0.25, -0.2) is 4.79 Å². The fourth-order valence-corrected chi connectivity index (χ4v) is 4.37. The van der Waals surface area contributed by atoms with Crippen LogP contribution in [0.1, 0.15) is 6.42 Å². The Bertz CT molecular complexity index is 871. The van der Waals surface area contributed by atoms with Gasteiger partial charge in [0.25, 0.3) is 0 Å². The fraction of sp³-hybridized carbons (Fsp3) is 0.368. The Labute approximate surface area is 187 Å². The first-order valence-electron chi connectivity index (χ1n) is 9.14. The number of nitrogens with one attached hydrogen (secondary N) is 2. The smallest absolute Gasteiger partial charge is 0.399 e. The van der Waals surface area contributed by atoms with E-state index in [9.17, 15) is 9.59 Å². The van der Waals surface area contributed by atoms with E-state index in [2.05, 4.69) is 43.4 Å². The van der Waals surface area contributed by atoms with E-state index in [-0.39, 0.29) is 18.9 Å². The summed E-state index contributed by atoms with van der Waals surface area (Å²) in [6.07, 6.45) is -0.478. The number of nitrogens with zero attached hydrogens (tertiary/aromatic N) is 2. The maximum atomic E-state index is 12.1. The number of hydrogen-bond acceptors (Lipinski definition) is 6. The summed E-state index contributed by atoms with van der Waals surface area (Å²) in [6, 6.07) is 9.05. The van der Waals surface area contributed by atoms with Crippen LogP contribution in [0.4, 0.5) is 16.2 Å². The summed E-state index contributed by atoms with van der Waals surface area (Å²) in [6.45, 7) is 4.17. The number of hydrogen-bond donors (Lipinski definition) is 2. The predicted molar refractivity (Wildman–Crippen MR) is 120 cm³/mol. The van der Waals surface area contributed by atoms with Gasteiger partial charge in [-0.3, -0.25) is 4.79 Å². The van der Waals surface area contributed by atoms with Crippen LogP contribution in [0.25, 0.3) is 0 Å². The van der Waals surface area contributed by atoms with E-state index in [1.54, 1.807) is 12.1 Å². The largest absolute Gasteiger partial charge is 0.413 e. The molecule has 1 aliphatic heterocycles. The van der Waals surface area contributed by atoms with Crippen molar-refractivity contribution >= 4 is 62.2 Å². The SMILES string of the molecule is CN1CCN(c2ccc(NC(=O)CCNC(=O)Oc3ccc(Cl)s3)cc2Br)CC1. The van der Waals surface area contributed by atoms with Crippen LogP contribution >= 0.6 is 38.9 Å². The van der Waals surface area contributed by atoms with Gasteiger partial charge in [-0.1, -0.05) is 22.9 Å². The molecule has 0 spiro atoms. The Morgan fingerprint density at radius 2 is 1.97 bits per heavy atom. The van der Waals surface area contributed by atoms with Crippen LogP contribution < -0.4 is 20.3 Å². The molecule has 0 radical (unpaired) electrons. The zero-order valence-corrected chi connectivity index (χ0v) is 19.1. The van der Waals surface area contributed by atoms with Crippen LogP contribution in [0.3, 0.4) is 0 Å². The molecule has 0 aliphatic carbocycles. The topological polar surface area (TPSA) is 73.9 Å². The van der Waals surface area contributed by atoms with Gasteiger partial charge in [0.05, 0.1) is 10.0 Å². The van der Waals surface area contributed by atoms with Crippen molar-refractivity contribution in [3.05, 3.63) is 39.1 Å². The van der Waals surface area contributed by atoms with Crippen LogP contribution in [0, 0.1) is 0 Å². The molecule has 1 aromatic carbocycles. The average molecular weight is 502 g/mol. The van der Waals surface area contributed by atoms with Crippen molar-refractivity contribution in [3.63, 3.8) is 0 Å². The van der Waals surface area contributed by atoms with Gasteiger partial charge >= 0.3 is 6.09 Å². The minimum absolute atomic E-state index is 0.137. The lowest BCUT2D eigenvalue weighted by molar-refractivity contribution is -0.116. The van der Waals surface area contributed by atoms with Crippen molar-refractivity contribution < 1.29 is 14.3 Å². The molecule has 29 heavy (non-hydrogen) atoms. The second-order valence-electron chi connectivity index (χ2n) is 6.63. The normalized spacial score (nSPS) is 14.5. The number of rotatable bonds is 6. The monoisotopic (exact) mass is 500 g/mol. The number of anilines is 2. The molecule has 0 atom stereocenters. The molecule has 1 fully saturated rings. The van der Waals surface area contributed by atoms with Crippen LogP contribution in [0.15, 0.2) is 34.8 Å². The molecule has 2 N–H and O–H groups in total. The zero-order valence-electron chi connectivity index (χ0n) is 15.9. The van der Waals surface area contributed by atoms with Crippen LogP contribution in [0.5, 0.6) is 5.06 Å². The van der Waals surface area contributed by atoms with Gasteiger partial charge in [0.2, 0.25) is 5.91 Å². The van der Waals surface area contributed by atoms with Gasteiger partial charge in [0.15, 0.2) is 5.06 Å². The first-order valence-corrected chi connectivity index (χ1v) is 11.1. The quantitative estimate of drug-likeness (QED) is 0.625. The summed E-state index contributed by atoms with van der Waals surface area (Å²) < 4.78 is 6.55. The number of amides is 2. The molecule has 7 nitrogen and oxygen atoms in total. The van der Waals surface area contributed by atoms with E-state index in [0.29, 0.717) is 15.1 Å². The average Bonchev–Trinajstić information content (AvgIpc) is 3.07. The first-order chi connectivity index (χ1) is 13.9. The summed E-state index contributed by atoms with van der Waals surface area (Å²) in [5.74, 6) is -0.191. The highest BCUT2D eigenvalue weighted by Crippen LogP contribution is 2.30. The van der Waals surface area contributed by atoms with Crippen LogP contribution in [-0.2, 0) is 4.79 Å². The van der Waals surface area contributed by atoms with Crippen molar-refractivity contribution in [1.29, 1.82) is 0 Å². The third kappa shape index (κ3) is 6.60. The Morgan fingerprint density at radius 3 is 2.62 bits per heavy atom. The standard InChI is InChI=1S/C19H22BrClN4O3S/c1-24-8-10-25(11-9-24)15-3-2-13(12-14(15)20)23-17(26)6-7-22-19(27)28-18-5-4-16(21)29-18/h2-5,12H,6-11H2,1H3,(H,22,27)(H,23,26). The lowest BCUT2D eigenvalue weighted by Crippen LogP contribution is -2.44. The van der Waals surface area contributed by atoms with E-state index < -0.39 is 6.09 Å². The Hall–Kier alpha value is -1.81. The highest BCUT2D eigenvalue weighted by molar-refractivity contribution is 9.10. The number of carbonyl (C=O) groups excluding carboxylic acids is 2. The Morgan fingerprint density at radius 1 is 1.21 bits per heavy atom. The number of likely N-dealkylation sites (N-methyl/N-ethyl adjacent to an activating group) is 1. The fourth-order valence-electron chi connectivity index (χ4n) is 2.87. The minimum atomic E-state index is -0.615. The lowest BCUT2D eigenvalue weighted by Gasteiger charge is -2.34. The van der Waals surface area contributed by atoms with E-state index in [1.165, 1.54) is 0 Å². The predicted octanol–water partition coefficient (Wildman–Crippen LogP) is 4.03. The van der Waals surface area contributed by atoms with Crippen molar-refractivity contribution in [2.75, 3.05) is 50.0 Å². The molecule has 2 aromatic rings. The number of piperazine rings is 1. The molecule has 2 amide bonds. The molecule has 2 heterocycles. The number of thiophene rings is 1. The number of halogens is 2. The highest BCUT2D eigenvalue weighted by Gasteiger charge is 2.17. The van der Waals surface area contributed by atoms with Crippen molar-refractivity contribution in [3.8, 4) is 5.06 Å². The molecule has 0 bridgehead atoms. The molecule has 3 rings (SSSR count). The molecule has 1 aromatic heterocycles. The zero-order chi connectivity index (χ0) is 20.8. The second kappa shape index (κ2) is 10.3. The van der Waals surface area contributed by atoms with E-state index in [4.69, 9.17) is 16.3 Å². The maximum absolute atomic E-state index is 12.1. The summed E-state index contributed by atoms with van der Waals surface area (Å²) >= 11 is 10.6. The summed E-state index contributed by atoms with van der Waals surface area (Å²) in [7, 11) is 2.12. The number of ether oxygens (including phenoxy) is 1. The molecule has 0 saturated carbocycles. The third-order valence-electron chi connectivity index (χ3n) is 4.44. The van der Waals surface area contributed by atoms with Gasteiger partial charge in [0, 0.05) is 49.3 Å². The summed E-state index contributed by atoms with van der Waals surface area (Å²) in [5, 5.41) is 5.79. The van der Waals surface area contributed by atoms with Crippen molar-refractivity contribution in [2.45, 2.75) is 6.42 Å². The minimum Gasteiger partial charge on any atom is -0.399 e. The molecule has 156 valence electrons. The van der Waals surface area contributed by atoms with Crippen LogP contribution in [0.2, 0.25) is 4.34 Å². The van der Waals surface area contributed by atoms with Gasteiger partial charge < -0.3 is 25.2 Å². The lowest BCUT2D eigenvalue weighted by atomic mass is 10.2. The van der Waals surface area contributed by atoms with Gasteiger partial charge in [-0.05, 0) is 53.3 Å². The molecule has 10 heteroatoms. The Balaban J connectivity index is 1.43. The second-order valence-corrected chi connectivity index (χ2v) is 9.16. The number of benzene rings is 1. The van der Waals surface area contributed by atoms with E-state index >= 15 is 0 Å². The van der Waals surface area contributed by atoms with Crippen molar-refractivity contribution in [1.82, 2.24) is 10.2 Å².